The van der Waals surface area contributed by atoms with Crippen molar-refractivity contribution in [1.82, 2.24) is 4.90 Å². The van der Waals surface area contributed by atoms with E-state index < -0.39 is 17.3 Å². The Kier molecular flexibility index (Phi) is 5.99. The van der Waals surface area contributed by atoms with Crippen molar-refractivity contribution in [2.45, 2.75) is 46.6 Å². The van der Waals surface area contributed by atoms with Gasteiger partial charge in [0.1, 0.15) is 5.92 Å². The van der Waals surface area contributed by atoms with Gasteiger partial charge in [-0.2, -0.15) is 0 Å². The first-order valence-electron chi connectivity index (χ1n) is 7.30. The van der Waals surface area contributed by atoms with Gasteiger partial charge in [0.05, 0.1) is 12.7 Å². The molecule has 2 unspecified atom stereocenters. The average Bonchev–Trinajstić information content (AvgIpc) is 2.80. The molecule has 1 amide bonds. The monoisotopic (exact) mass is 285 g/mol. The molecule has 0 saturated carbocycles. The van der Waals surface area contributed by atoms with E-state index in [-0.39, 0.29) is 18.6 Å². The minimum atomic E-state index is -0.770. The summed E-state index contributed by atoms with van der Waals surface area (Å²) >= 11 is 0. The van der Waals surface area contributed by atoms with Crippen LogP contribution in [0.3, 0.4) is 0 Å². The molecule has 5 heteroatoms. The Hall–Kier alpha value is -1.10. The second kappa shape index (κ2) is 7.07. The number of ether oxygens (including phenoxy) is 2. The molecule has 1 fully saturated rings. The van der Waals surface area contributed by atoms with Crippen LogP contribution in [-0.2, 0) is 19.1 Å². The summed E-state index contributed by atoms with van der Waals surface area (Å²) in [4.78, 5) is 26.2. The number of esters is 1. The van der Waals surface area contributed by atoms with E-state index >= 15 is 0 Å². The standard InChI is InChI=1S/C15H27NO4/c1-6-19-14(18)12(15(2,3)4)13(17)16(5)10-11-8-7-9-20-11/h11-12H,6-10H2,1-5H3. The fourth-order valence-corrected chi connectivity index (χ4v) is 2.45. The van der Waals surface area contributed by atoms with Crippen LogP contribution in [-0.4, -0.2) is 49.7 Å². The van der Waals surface area contributed by atoms with Gasteiger partial charge in [0.25, 0.3) is 0 Å². The van der Waals surface area contributed by atoms with Crippen molar-refractivity contribution >= 4 is 11.9 Å². The van der Waals surface area contributed by atoms with Gasteiger partial charge in [-0.05, 0) is 25.2 Å². The van der Waals surface area contributed by atoms with Gasteiger partial charge >= 0.3 is 5.97 Å². The Morgan fingerprint density at radius 1 is 1.40 bits per heavy atom. The molecule has 1 aliphatic rings. The van der Waals surface area contributed by atoms with Crippen LogP contribution in [0.5, 0.6) is 0 Å². The van der Waals surface area contributed by atoms with E-state index in [1.165, 1.54) is 0 Å². The molecule has 5 nitrogen and oxygen atoms in total. The molecule has 1 rings (SSSR count). The quantitative estimate of drug-likeness (QED) is 0.571. The third-order valence-electron chi connectivity index (χ3n) is 3.51. The number of amides is 1. The largest absolute Gasteiger partial charge is 0.465 e. The number of likely N-dealkylation sites (N-methyl/N-ethyl adjacent to an activating group) is 1. The van der Waals surface area contributed by atoms with Crippen LogP contribution in [0.1, 0.15) is 40.5 Å². The van der Waals surface area contributed by atoms with Gasteiger partial charge in [-0.25, -0.2) is 0 Å². The van der Waals surface area contributed by atoms with E-state index in [9.17, 15) is 9.59 Å². The normalized spacial score (nSPS) is 20.6. The summed E-state index contributed by atoms with van der Waals surface area (Å²) < 4.78 is 10.6. The lowest BCUT2D eigenvalue weighted by atomic mass is 9.79. The van der Waals surface area contributed by atoms with Crippen molar-refractivity contribution in [2.24, 2.45) is 11.3 Å². The summed E-state index contributed by atoms with van der Waals surface area (Å²) in [6.45, 7) is 8.97. The summed E-state index contributed by atoms with van der Waals surface area (Å²) in [5.41, 5.74) is -0.464. The molecule has 116 valence electrons. The first-order chi connectivity index (χ1) is 9.27. The molecular formula is C15H27NO4. The average molecular weight is 285 g/mol. The molecule has 0 aromatic heterocycles. The zero-order valence-corrected chi connectivity index (χ0v) is 13.3. The maximum atomic E-state index is 12.6. The summed E-state index contributed by atoms with van der Waals surface area (Å²) in [6.07, 6.45) is 2.09. The molecule has 0 radical (unpaired) electrons. The molecular weight excluding hydrogens is 258 g/mol. The van der Waals surface area contributed by atoms with Crippen molar-refractivity contribution < 1.29 is 19.1 Å². The Morgan fingerprint density at radius 3 is 2.50 bits per heavy atom. The van der Waals surface area contributed by atoms with Crippen LogP contribution in [0.4, 0.5) is 0 Å². The second-order valence-corrected chi connectivity index (χ2v) is 6.40. The third kappa shape index (κ3) is 4.47. The lowest BCUT2D eigenvalue weighted by Crippen LogP contribution is -2.46. The molecule has 0 aromatic rings. The molecule has 2 atom stereocenters. The summed E-state index contributed by atoms with van der Waals surface area (Å²) in [5.74, 6) is -1.40. The number of hydrogen-bond acceptors (Lipinski definition) is 4. The molecule has 0 aliphatic carbocycles. The number of carbonyl (C=O) groups is 2. The number of carbonyl (C=O) groups excluding carboxylic acids is 2. The van der Waals surface area contributed by atoms with Crippen molar-refractivity contribution in [1.29, 1.82) is 0 Å². The zero-order valence-electron chi connectivity index (χ0n) is 13.3. The summed E-state index contributed by atoms with van der Waals surface area (Å²) in [6, 6.07) is 0. The van der Waals surface area contributed by atoms with E-state index in [2.05, 4.69) is 0 Å². The van der Waals surface area contributed by atoms with Crippen molar-refractivity contribution in [2.75, 3.05) is 26.8 Å². The lowest BCUT2D eigenvalue weighted by molar-refractivity contribution is -0.160. The highest BCUT2D eigenvalue weighted by Gasteiger charge is 2.40. The molecule has 1 aliphatic heterocycles. The smallest absolute Gasteiger partial charge is 0.319 e. The van der Waals surface area contributed by atoms with Gasteiger partial charge in [-0.15, -0.1) is 0 Å². The molecule has 0 aromatic carbocycles. The van der Waals surface area contributed by atoms with E-state index in [0.717, 1.165) is 19.4 Å². The van der Waals surface area contributed by atoms with Gasteiger partial charge in [-0.1, -0.05) is 20.8 Å². The van der Waals surface area contributed by atoms with Crippen LogP contribution >= 0.6 is 0 Å². The molecule has 20 heavy (non-hydrogen) atoms. The Morgan fingerprint density at radius 2 is 2.05 bits per heavy atom. The first-order valence-corrected chi connectivity index (χ1v) is 7.30. The maximum absolute atomic E-state index is 12.6. The predicted octanol–water partition coefficient (Wildman–Crippen LogP) is 1.85. The van der Waals surface area contributed by atoms with Gasteiger partial charge in [0.2, 0.25) is 5.91 Å². The van der Waals surface area contributed by atoms with E-state index in [1.54, 1.807) is 18.9 Å². The van der Waals surface area contributed by atoms with Crippen LogP contribution in [0.2, 0.25) is 0 Å². The Bertz CT molecular complexity index is 342. The fraction of sp³-hybridized carbons (Fsp3) is 0.867. The van der Waals surface area contributed by atoms with Crippen LogP contribution in [0.15, 0.2) is 0 Å². The van der Waals surface area contributed by atoms with E-state index in [4.69, 9.17) is 9.47 Å². The van der Waals surface area contributed by atoms with Gasteiger partial charge in [0, 0.05) is 20.2 Å². The highest BCUT2D eigenvalue weighted by Crippen LogP contribution is 2.29. The second-order valence-electron chi connectivity index (χ2n) is 6.40. The molecule has 1 saturated heterocycles. The SMILES string of the molecule is CCOC(=O)C(C(=O)N(C)CC1CCCO1)C(C)(C)C. The zero-order chi connectivity index (χ0) is 15.3. The molecule has 0 spiro atoms. The molecule has 0 bridgehead atoms. The summed E-state index contributed by atoms with van der Waals surface area (Å²) in [7, 11) is 1.72. The highest BCUT2D eigenvalue weighted by molar-refractivity contribution is 5.98. The minimum absolute atomic E-state index is 0.0896. The first kappa shape index (κ1) is 17.0. The van der Waals surface area contributed by atoms with Crippen molar-refractivity contribution in [3.63, 3.8) is 0 Å². The number of nitrogens with zero attached hydrogens (tertiary/aromatic N) is 1. The fourth-order valence-electron chi connectivity index (χ4n) is 2.45. The van der Waals surface area contributed by atoms with Gasteiger partial charge < -0.3 is 14.4 Å². The van der Waals surface area contributed by atoms with Gasteiger partial charge in [-0.3, -0.25) is 9.59 Å². The van der Waals surface area contributed by atoms with Crippen molar-refractivity contribution in [3.8, 4) is 0 Å². The maximum Gasteiger partial charge on any atom is 0.319 e. The number of rotatable bonds is 5. The molecule has 1 heterocycles. The van der Waals surface area contributed by atoms with Crippen LogP contribution in [0, 0.1) is 11.3 Å². The van der Waals surface area contributed by atoms with E-state index in [0.29, 0.717) is 6.54 Å². The predicted molar refractivity (Wildman–Crippen MR) is 76.2 cm³/mol. The van der Waals surface area contributed by atoms with Gasteiger partial charge in [0.15, 0.2) is 0 Å². The van der Waals surface area contributed by atoms with Crippen molar-refractivity contribution in [3.05, 3.63) is 0 Å². The topological polar surface area (TPSA) is 55.8 Å². The van der Waals surface area contributed by atoms with E-state index in [1.807, 2.05) is 20.8 Å². The Labute approximate surface area is 121 Å². The Balaban J connectivity index is 2.73. The van der Waals surface area contributed by atoms with Crippen LogP contribution in [0.25, 0.3) is 0 Å². The number of hydrogen-bond donors (Lipinski definition) is 0. The molecule has 0 N–H and O–H groups in total. The lowest BCUT2D eigenvalue weighted by Gasteiger charge is -2.32. The third-order valence-corrected chi connectivity index (χ3v) is 3.51. The highest BCUT2D eigenvalue weighted by atomic mass is 16.5. The summed E-state index contributed by atoms with van der Waals surface area (Å²) in [5, 5.41) is 0. The van der Waals surface area contributed by atoms with Crippen LogP contribution < -0.4 is 0 Å². The minimum Gasteiger partial charge on any atom is -0.465 e.